The third-order valence-corrected chi connectivity index (χ3v) is 4.44. The zero-order chi connectivity index (χ0) is 17.6. The average Bonchev–Trinajstić information content (AvgIpc) is 2.69. The Balaban J connectivity index is 2.19. The van der Waals surface area contributed by atoms with Gasteiger partial charge in [0.1, 0.15) is 5.76 Å². The maximum absolute atomic E-state index is 12.4. The highest BCUT2D eigenvalue weighted by Gasteiger charge is 2.37. The van der Waals surface area contributed by atoms with Crippen molar-refractivity contribution in [3.63, 3.8) is 0 Å². The van der Waals surface area contributed by atoms with Crippen LogP contribution in [0.25, 0.3) is 0 Å². The first-order valence-electron chi connectivity index (χ1n) is 8.04. The van der Waals surface area contributed by atoms with Crippen molar-refractivity contribution in [1.29, 1.82) is 0 Å². The lowest BCUT2D eigenvalue weighted by Crippen LogP contribution is -2.39. The molecule has 1 amide bonds. The minimum absolute atomic E-state index is 0.0336. The van der Waals surface area contributed by atoms with Gasteiger partial charge in [-0.25, -0.2) is 0 Å². The summed E-state index contributed by atoms with van der Waals surface area (Å²) in [5.41, 5.74) is 0.698. The fraction of sp³-hybridized carbons (Fsp3) is 0.667. The van der Waals surface area contributed by atoms with Crippen LogP contribution in [0, 0.1) is 17.8 Å². The SMILES string of the molecule is Cc1c(C(=O)NCC(O)C(C)(C)C)oc2c1C(=O)CC(C)(C)C2. The van der Waals surface area contributed by atoms with Gasteiger partial charge in [0.15, 0.2) is 11.5 Å². The maximum atomic E-state index is 12.4. The maximum Gasteiger partial charge on any atom is 0.287 e. The van der Waals surface area contributed by atoms with Gasteiger partial charge in [0.2, 0.25) is 0 Å². The molecule has 0 saturated carbocycles. The largest absolute Gasteiger partial charge is 0.455 e. The smallest absolute Gasteiger partial charge is 0.287 e. The van der Waals surface area contributed by atoms with Gasteiger partial charge in [-0.2, -0.15) is 0 Å². The molecule has 1 heterocycles. The van der Waals surface area contributed by atoms with E-state index in [1.807, 2.05) is 34.6 Å². The van der Waals surface area contributed by atoms with Gasteiger partial charge in [-0.1, -0.05) is 34.6 Å². The van der Waals surface area contributed by atoms with Crippen LogP contribution in [0.4, 0.5) is 0 Å². The molecule has 1 atom stereocenters. The van der Waals surface area contributed by atoms with E-state index in [1.165, 1.54) is 0 Å². The molecule has 0 spiro atoms. The van der Waals surface area contributed by atoms with Gasteiger partial charge in [-0.15, -0.1) is 0 Å². The number of nitrogens with one attached hydrogen (secondary N) is 1. The van der Waals surface area contributed by atoms with E-state index in [2.05, 4.69) is 5.32 Å². The number of aliphatic hydroxyl groups is 1. The van der Waals surface area contributed by atoms with Crippen molar-refractivity contribution >= 4 is 11.7 Å². The van der Waals surface area contributed by atoms with Gasteiger partial charge in [-0.05, 0) is 17.8 Å². The normalized spacial score (nSPS) is 18.5. The summed E-state index contributed by atoms with van der Waals surface area (Å²) in [5, 5.41) is 12.7. The molecule has 0 bridgehead atoms. The second kappa shape index (κ2) is 5.78. The summed E-state index contributed by atoms with van der Waals surface area (Å²) < 4.78 is 5.71. The lowest BCUT2D eigenvalue weighted by molar-refractivity contribution is 0.0578. The van der Waals surface area contributed by atoms with Crippen LogP contribution < -0.4 is 5.32 Å². The van der Waals surface area contributed by atoms with Crippen LogP contribution in [0.5, 0.6) is 0 Å². The fourth-order valence-corrected chi connectivity index (χ4v) is 2.88. The Kier molecular flexibility index (Phi) is 4.46. The Bertz CT molecular complexity index is 634. The van der Waals surface area contributed by atoms with Gasteiger partial charge in [0, 0.05) is 24.9 Å². The number of ketones is 1. The number of Topliss-reactive ketones (excluding diaryl/α,β-unsaturated/α-hetero) is 1. The molecule has 2 N–H and O–H groups in total. The third kappa shape index (κ3) is 3.66. The molecule has 0 fully saturated rings. The zero-order valence-electron chi connectivity index (χ0n) is 14.9. The molecule has 0 aliphatic heterocycles. The topological polar surface area (TPSA) is 79.5 Å². The molecular formula is C18H27NO4. The molecule has 1 unspecified atom stereocenters. The number of amides is 1. The van der Waals surface area contributed by atoms with Crippen molar-refractivity contribution in [2.24, 2.45) is 10.8 Å². The van der Waals surface area contributed by atoms with Crippen molar-refractivity contribution in [2.45, 2.75) is 60.5 Å². The first-order valence-corrected chi connectivity index (χ1v) is 8.04. The summed E-state index contributed by atoms with van der Waals surface area (Å²) in [5.74, 6) is 0.435. The Hall–Kier alpha value is -1.62. The monoisotopic (exact) mass is 321 g/mol. The van der Waals surface area contributed by atoms with E-state index in [-0.39, 0.29) is 34.8 Å². The van der Waals surface area contributed by atoms with Crippen molar-refractivity contribution in [3.8, 4) is 0 Å². The molecule has 0 aromatic carbocycles. The van der Waals surface area contributed by atoms with Gasteiger partial charge in [-0.3, -0.25) is 9.59 Å². The van der Waals surface area contributed by atoms with Crippen molar-refractivity contribution in [3.05, 3.63) is 22.6 Å². The van der Waals surface area contributed by atoms with Gasteiger partial charge < -0.3 is 14.8 Å². The van der Waals surface area contributed by atoms with Crippen LogP contribution in [0.3, 0.4) is 0 Å². The molecule has 23 heavy (non-hydrogen) atoms. The summed E-state index contributed by atoms with van der Waals surface area (Å²) >= 11 is 0. The van der Waals surface area contributed by atoms with E-state index in [1.54, 1.807) is 6.92 Å². The lowest BCUT2D eigenvalue weighted by atomic mass is 9.76. The van der Waals surface area contributed by atoms with E-state index in [0.29, 0.717) is 29.7 Å². The second-order valence-electron chi connectivity index (χ2n) is 8.39. The number of carbonyl (C=O) groups excluding carboxylic acids is 2. The predicted octanol–water partition coefficient (Wildman–Crippen LogP) is 2.88. The Labute approximate surface area is 137 Å². The summed E-state index contributed by atoms with van der Waals surface area (Å²) in [4.78, 5) is 24.7. The average molecular weight is 321 g/mol. The first kappa shape index (κ1) is 17.7. The van der Waals surface area contributed by atoms with Gasteiger partial charge in [0.05, 0.1) is 11.7 Å². The molecule has 0 saturated heterocycles. The number of aliphatic hydroxyl groups excluding tert-OH is 1. The first-order chi connectivity index (χ1) is 10.4. The Morgan fingerprint density at radius 3 is 2.52 bits per heavy atom. The summed E-state index contributed by atoms with van der Waals surface area (Å²) in [6.07, 6.45) is 0.452. The second-order valence-corrected chi connectivity index (χ2v) is 8.39. The lowest BCUT2D eigenvalue weighted by Gasteiger charge is -2.27. The molecule has 1 aromatic heterocycles. The number of furan rings is 1. The molecule has 2 rings (SSSR count). The Morgan fingerprint density at radius 2 is 1.96 bits per heavy atom. The van der Waals surface area contributed by atoms with Gasteiger partial charge in [0.25, 0.3) is 5.91 Å². The van der Waals surface area contributed by atoms with Crippen molar-refractivity contribution in [1.82, 2.24) is 5.32 Å². The quantitative estimate of drug-likeness (QED) is 0.897. The van der Waals surface area contributed by atoms with E-state index >= 15 is 0 Å². The van der Waals surface area contributed by atoms with Gasteiger partial charge >= 0.3 is 0 Å². The van der Waals surface area contributed by atoms with Crippen molar-refractivity contribution in [2.75, 3.05) is 6.54 Å². The third-order valence-electron chi connectivity index (χ3n) is 4.44. The van der Waals surface area contributed by atoms with E-state index in [0.717, 1.165) is 0 Å². The van der Waals surface area contributed by atoms with Crippen LogP contribution in [0.1, 0.15) is 73.3 Å². The summed E-state index contributed by atoms with van der Waals surface area (Å²) in [6, 6.07) is 0. The highest BCUT2D eigenvalue weighted by atomic mass is 16.4. The van der Waals surface area contributed by atoms with E-state index in [9.17, 15) is 14.7 Å². The summed E-state index contributed by atoms with van der Waals surface area (Å²) in [6.45, 7) is 11.6. The number of fused-ring (bicyclic) bond motifs is 1. The molecule has 0 radical (unpaired) electrons. The highest BCUT2D eigenvalue weighted by Crippen LogP contribution is 2.38. The summed E-state index contributed by atoms with van der Waals surface area (Å²) in [7, 11) is 0. The molecule has 5 nitrogen and oxygen atoms in total. The van der Waals surface area contributed by atoms with Crippen LogP contribution in [0.15, 0.2) is 4.42 Å². The van der Waals surface area contributed by atoms with E-state index < -0.39 is 6.10 Å². The molecular weight excluding hydrogens is 294 g/mol. The Morgan fingerprint density at radius 1 is 1.35 bits per heavy atom. The molecule has 1 aliphatic carbocycles. The number of rotatable bonds is 3. The minimum atomic E-state index is -0.656. The molecule has 5 heteroatoms. The zero-order valence-corrected chi connectivity index (χ0v) is 14.9. The standard InChI is InChI=1S/C18H27NO4/c1-10-14-11(20)7-18(5,6)8-12(14)23-15(10)16(22)19-9-13(21)17(2,3)4/h13,21H,7-9H2,1-6H3,(H,19,22). The van der Waals surface area contributed by atoms with Crippen molar-refractivity contribution < 1.29 is 19.1 Å². The van der Waals surface area contributed by atoms with E-state index in [4.69, 9.17) is 4.42 Å². The van der Waals surface area contributed by atoms with Crippen LogP contribution >= 0.6 is 0 Å². The number of hydrogen-bond acceptors (Lipinski definition) is 4. The van der Waals surface area contributed by atoms with Crippen LogP contribution in [-0.4, -0.2) is 29.4 Å². The molecule has 128 valence electrons. The highest BCUT2D eigenvalue weighted by molar-refractivity contribution is 6.03. The van der Waals surface area contributed by atoms with Crippen LogP contribution in [0.2, 0.25) is 0 Å². The molecule has 1 aliphatic rings. The minimum Gasteiger partial charge on any atom is -0.455 e. The predicted molar refractivity (Wildman–Crippen MR) is 87.7 cm³/mol. The fourth-order valence-electron chi connectivity index (χ4n) is 2.88. The number of hydrogen-bond donors (Lipinski definition) is 2. The van der Waals surface area contributed by atoms with Crippen LogP contribution in [-0.2, 0) is 6.42 Å². The number of carbonyl (C=O) groups is 2. The molecule has 1 aromatic rings.